The summed E-state index contributed by atoms with van der Waals surface area (Å²) in [4.78, 5) is 31.0. The maximum Gasteiger partial charge on any atom is 0.236 e. The van der Waals surface area contributed by atoms with Gasteiger partial charge < -0.3 is 24.0 Å². The van der Waals surface area contributed by atoms with Gasteiger partial charge in [0.2, 0.25) is 11.8 Å². The van der Waals surface area contributed by atoms with Crippen LogP contribution in [0.25, 0.3) is 0 Å². The minimum Gasteiger partial charge on any atom is -0.497 e. The molecule has 0 unspecified atom stereocenters. The largest absolute Gasteiger partial charge is 0.497 e. The monoisotopic (exact) mass is 405 g/mol. The van der Waals surface area contributed by atoms with Crippen molar-refractivity contribution in [3.63, 3.8) is 0 Å². The van der Waals surface area contributed by atoms with E-state index in [1.165, 1.54) is 0 Å². The lowest BCUT2D eigenvalue weighted by Gasteiger charge is -2.36. The molecular formula is C21H31N3O5. The van der Waals surface area contributed by atoms with Crippen LogP contribution in [0.5, 0.6) is 11.5 Å². The first-order chi connectivity index (χ1) is 14.1. The van der Waals surface area contributed by atoms with Crippen molar-refractivity contribution in [3.8, 4) is 11.5 Å². The van der Waals surface area contributed by atoms with Crippen molar-refractivity contribution in [2.45, 2.75) is 12.8 Å². The van der Waals surface area contributed by atoms with Gasteiger partial charge in [0.05, 0.1) is 34.0 Å². The molecule has 0 bridgehead atoms. The van der Waals surface area contributed by atoms with E-state index >= 15 is 0 Å². The fraction of sp³-hybridized carbons (Fsp3) is 0.619. The van der Waals surface area contributed by atoms with Gasteiger partial charge in [-0.3, -0.25) is 14.5 Å². The van der Waals surface area contributed by atoms with Crippen LogP contribution in [0.2, 0.25) is 0 Å². The second-order valence-electron chi connectivity index (χ2n) is 7.33. The van der Waals surface area contributed by atoms with Gasteiger partial charge in [0.25, 0.3) is 0 Å². The van der Waals surface area contributed by atoms with E-state index in [0.29, 0.717) is 58.8 Å². The number of aryl methyl sites for hydroxylation is 1. The minimum atomic E-state index is 0.107. The van der Waals surface area contributed by atoms with Gasteiger partial charge >= 0.3 is 0 Å². The number of benzene rings is 1. The Hall–Kier alpha value is -2.32. The summed E-state index contributed by atoms with van der Waals surface area (Å²) in [5.74, 6) is 1.76. The van der Waals surface area contributed by atoms with Gasteiger partial charge in [-0.15, -0.1) is 0 Å². The van der Waals surface area contributed by atoms with Crippen LogP contribution in [0, 0.1) is 0 Å². The number of hydrogen-bond donors (Lipinski definition) is 0. The third kappa shape index (κ3) is 5.83. The van der Waals surface area contributed by atoms with E-state index in [0.717, 1.165) is 30.2 Å². The summed E-state index contributed by atoms with van der Waals surface area (Å²) in [5, 5.41) is 0. The molecule has 0 saturated carbocycles. The fourth-order valence-electron chi connectivity index (χ4n) is 3.73. The Balaban J connectivity index is 1.44. The Kier molecular flexibility index (Phi) is 7.71. The molecule has 0 aromatic heterocycles. The number of hydrogen-bond acceptors (Lipinski definition) is 6. The molecule has 2 amide bonds. The molecule has 2 heterocycles. The number of morpholine rings is 1. The van der Waals surface area contributed by atoms with Crippen LogP contribution in [-0.4, -0.2) is 99.8 Å². The van der Waals surface area contributed by atoms with Crippen molar-refractivity contribution in [1.29, 1.82) is 0 Å². The molecule has 2 aliphatic heterocycles. The van der Waals surface area contributed by atoms with Crippen molar-refractivity contribution in [3.05, 3.63) is 23.8 Å². The maximum atomic E-state index is 12.6. The summed E-state index contributed by atoms with van der Waals surface area (Å²) in [6.07, 6.45) is 1.00. The second kappa shape index (κ2) is 10.5. The first kappa shape index (κ1) is 21.4. The summed E-state index contributed by atoms with van der Waals surface area (Å²) < 4.78 is 16.0. The van der Waals surface area contributed by atoms with Crippen LogP contribution in [0.1, 0.15) is 12.0 Å². The quantitative estimate of drug-likeness (QED) is 0.663. The highest BCUT2D eigenvalue weighted by Gasteiger charge is 2.25. The second-order valence-corrected chi connectivity index (χ2v) is 7.33. The number of nitrogens with zero attached hydrogens (tertiary/aromatic N) is 3. The van der Waals surface area contributed by atoms with Crippen molar-refractivity contribution < 1.29 is 23.8 Å². The Morgan fingerprint density at radius 3 is 2.21 bits per heavy atom. The van der Waals surface area contributed by atoms with Crippen LogP contribution >= 0.6 is 0 Å². The third-order valence-electron chi connectivity index (χ3n) is 5.54. The Morgan fingerprint density at radius 1 is 0.931 bits per heavy atom. The highest BCUT2D eigenvalue weighted by molar-refractivity contribution is 5.80. The normalized spacial score (nSPS) is 17.9. The summed E-state index contributed by atoms with van der Waals surface area (Å²) in [6.45, 7) is 5.78. The number of carbonyl (C=O) groups is 2. The summed E-state index contributed by atoms with van der Waals surface area (Å²) in [7, 11) is 3.25. The molecular weight excluding hydrogens is 374 g/mol. The third-order valence-corrected chi connectivity index (χ3v) is 5.54. The zero-order valence-corrected chi connectivity index (χ0v) is 17.4. The Morgan fingerprint density at radius 2 is 1.59 bits per heavy atom. The molecule has 0 atom stereocenters. The fourth-order valence-corrected chi connectivity index (χ4v) is 3.73. The molecule has 8 heteroatoms. The number of ether oxygens (including phenoxy) is 3. The molecule has 29 heavy (non-hydrogen) atoms. The molecule has 8 nitrogen and oxygen atoms in total. The standard InChI is InChI=1S/C21H31N3O5/c1-27-18-4-5-19(28-2)17(15-18)3-6-20(25)23-7-9-24(10-8-23)21(26)16-22-11-13-29-14-12-22/h4-5,15H,3,6-14,16H2,1-2H3. The predicted molar refractivity (Wildman–Crippen MR) is 108 cm³/mol. The van der Waals surface area contributed by atoms with Crippen LogP contribution in [0.15, 0.2) is 18.2 Å². The van der Waals surface area contributed by atoms with Crippen LogP contribution in [0.4, 0.5) is 0 Å². The molecule has 0 aliphatic carbocycles. The number of rotatable bonds is 7. The van der Waals surface area contributed by atoms with Crippen LogP contribution in [-0.2, 0) is 20.7 Å². The molecule has 160 valence electrons. The molecule has 2 fully saturated rings. The van der Waals surface area contributed by atoms with Crippen molar-refractivity contribution in [2.75, 3.05) is 73.2 Å². The molecule has 3 rings (SSSR count). The number of methoxy groups -OCH3 is 2. The van der Waals surface area contributed by atoms with E-state index in [4.69, 9.17) is 14.2 Å². The van der Waals surface area contributed by atoms with Gasteiger partial charge in [-0.2, -0.15) is 0 Å². The lowest BCUT2D eigenvalue weighted by atomic mass is 10.1. The van der Waals surface area contributed by atoms with E-state index in [9.17, 15) is 9.59 Å². The van der Waals surface area contributed by atoms with E-state index in [1.807, 2.05) is 28.0 Å². The Labute approximate surface area is 172 Å². The average Bonchev–Trinajstić information content (AvgIpc) is 2.78. The Bertz CT molecular complexity index is 698. The lowest BCUT2D eigenvalue weighted by Crippen LogP contribution is -2.53. The lowest BCUT2D eigenvalue weighted by molar-refractivity contribution is -0.140. The van der Waals surface area contributed by atoms with Crippen molar-refractivity contribution in [2.24, 2.45) is 0 Å². The number of carbonyl (C=O) groups excluding carboxylic acids is 2. The molecule has 1 aromatic rings. The molecule has 2 saturated heterocycles. The van der Waals surface area contributed by atoms with E-state index in [1.54, 1.807) is 14.2 Å². The predicted octanol–water partition coefficient (Wildman–Crippen LogP) is 0.639. The topological polar surface area (TPSA) is 71.6 Å². The molecule has 0 N–H and O–H groups in total. The van der Waals surface area contributed by atoms with Gasteiger partial charge in [-0.25, -0.2) is 0 Å². The van der Waals surface area contributed by atoms with E-state index in [2.05, 4.69) is 4.90 Å². The first-order valence-corrected chi connectivity index (χ1v) is 10.2. The zero-order valence-electron chi connectivity index (χ0n) is 17.4. The molecule has 0 spiro atoms. The maximum absolute atomic E-state index is 12.6. The van der Waals surface area contributed by atoms with Crippen molar-refractivity contribution in [1.82, 2.24) is 14.7 Å². The van der Waals surface area contributed by atoms with Crippen LogP contribution < -0.4 is 9.47 Å². The summed E-state index contributed by atoms with van der Waals surface area (Å²) in [5.41, 5.74) is 0.958. The van der Waals surface area contributed by atoms with Gasteiger partial charge in [0.1, 0.15) is 11.5 Å². The highest BCUT2D eigenvalue weighted by atomic mass is 16.5. The highest BCUT2D eigenvalue weighted by Crippen LogP contribution is 2.25. The molecule has 2 aliphatic rings. The van der Waals surface area contributed by atoms with Gasteiger partial charge in [0, 0.05) is 45.7 Å². The zero-order chi connectivity index (χ0) is 20.6. The summed E-state index contributed by atoms with van der Waals surface area (Å²) >= 11 is 0. The van der Waals surface area contributed by atoms with Crippen LogP contribution in [0.3, 0.4) is 0 Å². The molecule has 0 radical (unpaired) electrons. The van der Waals surface area contributed by atoms with E-state index in [-0.39, 0.29) is 11.8 Å². The minimum absolute atomic E-state index is 0.107. The summed E-state index contributed by atoms with van der Waals surface area (Å²) in [6, 6.07) is 5.61. The van der Waals surface area contributed by atoms with Gasteiger partial charge in [-0.1, -0.05) is 0 Å². The van der Waals surface area contributed by atoms with Crippen molar-refractivity contribution >= 4 is 11.8 Å². The van der Waals surface area contributed by atoms with E-state index < -0.39 is 0 Å². The first-order valence-electron chi connectivity index (χ1n) is 10.2. The van der Waals surface area contributed by atoms with Gasteiger partial charge in [0.15, 0.2) is 0 Å². The SMILES string of the molecule is COc1ccc(OC)c(CCC(=O)N2CCN(C(=O)CN3CCOCC3)CC2)c1. The number of piperazine rings is 1. The smallest absolute Gasteiger partial charge is 0.236 e. The molecule has 1 aromatic carbocycles. The van der Waals surface area contributed by atoms with Gasteiger partial charge in [-0.05, 0) is 30.2 Å². The average molecular weight is 405 g/mol. The number of amides is 2.